The van der Waals surface area contributed by atoms with Crippen LogP contribution in [0.5, 0.6) is 0 Å². The van der Waals surface area contributed by atoms with E-state index in [0.717, 1.165) is 18.3 Å². The lowest BCUT2D eigenvalue weighted by Crippen LogP contribution is -2.08. The van der Waals surface area contributed by atoms with Gasteiger partial charge in [0.15, 0.2) is 0 Å². The van der Waals surface area contributed by atoms with Crippen LogP contribution in [0.25, 0.3) is 0 Å². The van der Waals surface area contributed by atoms with Crippen molar-refractivity contribution in [3.05, 3.63) is 36.5 Å². The quantitative estimate of drug-likeness (QED) is 0.464. The predicted molar refractivity (Wildman–Crippen MR) is 62.1 cm³/mol. The molecule has 0 bridgehead atoms. The van der Waals surface area contributed by atoms with Crippen LogP contribution < -0.4 is 0 Å². The molecule has 1 atom stereocenters. The number of rotatable bonds is 6. The zero-order valence-electron chi connectivity index (χ0n) is 9.36. The average Bonchev–Trinajstić information content (AvgIpc) is 2.13. The van der Waals surface area contributed by atoms with Gasteiger partial charge in [0, 0.05) is 5.92 Å². The molecule has 0 aliphatic heterocycles. The lowest BCUT2D eigenvalue weighted by Gasteiger charge is -2.13. The molecule has 1 nitrogen and oxygen atoms in total. The van der Waals surface area contributed by atoms with Gasteiger partial charge in [-0.15, -0.1) is 0 Å². The summed E-state index contributed by atoms with van der Waals surface area (Å²) in [4.78, 5) is 10.9. The molecule has 0 spiro atoms. The van der Waals surface area contributed by atoms with E-state index in [-0.39, 0.29) is 5.92 Å². The summed E-state index contributed by atoms with van der Waals surface area (Å²) in [6.45, 7) is 9.85. The molecule has 0 heterocycles. The molecule has 1 unspecified atom stereocenters. The van der Waals surface area contributed by atoms with Gasteiger partial charge in [0.1, 0.15) is 6.29 Å². The Morgan fingerprint density at radius 3 is 2.43 bits per heavy atom. The molecular weight excluding hydrogens is 172 g/mol. The lowest BCUT2D eigenvalue weighted by molar-refractivity contribution is -0.110. The van der Waals surface area contributed by atoms with Gasteiger partial charge in [-0.25, -0.2) is 0 Å². The summed E-state index contributed by atoms with van der Waals surface area (Å²) < 4.78 is 0. The van der Waals surface area contributed by atoms with Crippen LogP contribution in [-0.4, -0.2) is 6.29 Å². The Hall–Kier alpha value is -1.11. The Morgan fingerprint density at radius 1 is 1.43 bits per heavy atom. The molecule has 0 aliphatic rings. The standard InChI is InChI=1S/C13H20O/c1-5-7-12(8-6-2)13(10-14)9-11(3)4/h5-8,10-11,13H,1,9H2,2-4H3/b8-6-,12-7+. The van der Waals surface area contributed by atoms with Crippen LogP contribution in [0.3, 0.4) is 0 Å². The van der Waals surface area contributed by atoms with Gasteiger partial charge in [0.2, 0.25) is 0 Å². The molecule has 0 fully saturated rings. The van der Waals surface area contributed by atoms with Crippen molar-refractivity contribution < 1.29 is 4.79 Å². The van der Waals surface area contributed by atoms with Crippen molar-refractivity contribution in [1.82, 2.24) is 0 Å². The molecule has 0 saturated carbocycles. The minimum absolute atomic E-state index is 0.00389. The first-order chi connectivity index (χ1) is 6.65. The Labute approximate surface area is 87.2 Å². The summed E-state index contributed by atoms with van der Waals surface area (Å²) in [6.07, 6.45) is 9.48. The fraction of sp³-hybridized carbons (Fsp3) is 0.462. The molecule has 0 aromatic rings. The number of carbonyl (C=O) groups is 1. The van der Waals surface area contributed by atoms with Crippen molar-refractivity contribution >= 4 is 6.29 Å². The van der Waals surface area contributed by atoms with E-state index in [2.05, 4.69) is 20.4 Å². The third-order valence-corrected chi connectivity index (χ3v) is 1.99. The van der Waals surface area contributed by atoms with E-state index in [1.807, 2.05) is 25.2 Å². The molecule has 0 saturated heterocycles. The first-order valence-corrected chi connectivity index (χ1v) is 5.06. The Bertz CT molecular complexity index is 234. The molecule has 0 aromatic heterocycles. The van der Waals surface area contributed by atoms with Crippen molar-refractivity contribution in [2.75, 3.05) is 0 Å². The SMILES string of the molecule is C=C/C=C(\C=C/C)C(C=O)CC(C)C. The van der Waals surface area contributed by atoms with Crippen molar-refractivity contribution in [2.24, 2.45) is 11.8 Å². The molecule has 14 heavy (non-hydrogen) atoms. The molecular formula is C13H20O. The van der Waals surface area contributed by atoms with Crippen molar-refractivity contribution in [2.45, 2.75) is 27.2 Å². The normalized spacial score (nSPS) is 14.7. The maximum atomic E-state index is 10.9. The van der Waals surface area contributed by atoms with Gasteiger partial charge in [0.05, 0.1) is 0 Å². The molecule has 0 radical (unpaired) electrons. The highest BCUT2D eigenvalue weighted by Crippen LogP contribution is 2.19. The van der Waals surface area contributed by atoms with E-state index >= 15 is 0 Å². The third-order valence-electron chi connectivity index (χ3n) is 1.99. The van der Waals surface area contributed by atoms with Crippen LogP contribution in [-0.2, 0) is 4.79 Å². The van der Waals surface area contributed by atoms with E-state index < -0.39 is 0 Å². The van der Waals surface area contributed by atoms with Gasteiger partial charge < -0.3 is 4.79 Å². The van der Waals surface area contributed by atoms with Gasteiger partial charge in [-0.05, 0) is 24.8 Å². The molecule has 0 N–H and O–H groups in total. The monoisotopic (exact) mass is 192 g/mol. The Kier molecular flexibility index (Phi) is 6.73. The van der Waals surface area contributed by atoms with Crippen LogP contribution in [0, 0.1) is 11.8 Å². The lowest BCUT2D eigenvalue weighted by atomic mass is 9.90. The van der Waals surface area contributed by atoms with Crippen LogP contribution in [0.4, 0.5) is 0 Å². The first-order valence-electron chi connectivity index (χ1n) is 5.06. The minimum atomic E-state index is 0.00389. The fourth-order valence-electron chi connectivity index (χ4n) is 1.41. The van der Waals surface area contributed by atoms with Crippen LogP contribution >= 0.6 is 0 Å². The number of aldehydes is 1. The Morgan fingerprint density at radius 2 is 2.07 bits per heavy atom. The third kappa shape index (κ3) is 4.80. The Balaban J connectivity index is 4.66. The molecule has 0 rings (SSSR count). The first kappa shape index (κ1) is 12.9. The second kappa shape index (κ2) is 7.31. The predicted octanol–water partition coefficient (Wildman–Crippen LogP) is 3.54. The smallest absolute Gasteiger partial charge is 0.127 e. The summed E-state index contributed by atoms with van der Waals surface area (Å²) in [5, 5.41) is 0. The minimum Gasteiger partial charge on any atom is -0.303 e. The number of hydrogen-bond donors (Lipinski definition) is 0. The van der Waals surface area contributed by atoms with Crippen LogP contribution in [0.2, 0.25) is 0 Å². The summed E-state index contributed by atoms with van der Waals surface area (Å²) in [5.41, 5.74) is 1.05. The second-order valence-corrected chi connectivity index (χ2v) is 3.77. The molecule has 0 aliphatic carbocycles. The maximum absolute atomic E-state index is 10.9. The zero-order valence-corrected chi connectivity index (χ0v) is 9.36. The van der Waals surface area contributed by atoms with Gasteiger partial charge in [-0.3, -0.25) is 0 Å². The van der Waals surface area contributed by atoms with Crippen LogP contribution in [0.15, 0.2) is 36.5 Å². The summed E-state index contributed by atoms with van der Waals surface area (Å²) in [7, 11) is 0. The van der Waals surface area contributed by atoms with Crippen molar-refractivity contribution in [1.29, 1.82) is 0 Å². The topological polar surface area (TPSA) is 17.1 Å². The van der Waals surface area contributed by atoms with Gasteiger partial charge in [0.25, 0.3) is 0 Å². The highest BCUT2D eigenvalue weighted by atomic mass is 16.1. The summed E-state index contributed by atoms with van der Waals surface area (Å²) in [5.74, 6) is 0.535. The highest BCUT2D eigenvalue weighted by Gasteiger charge is 2.12. The molecule has 0 amide bonds. The van der Waals surface area contributed by atoms with E-state index in [9.17, 15) is 4.79 Å². The van der Waals surface area contributed by atoms with Gasteiger partial charge >= 0.3 is 0 Å². The van der Waals surface area contributed by atoms with Crippen LogP contribution in [0.1, 0.15) is 27.2 Å². The molecule has 1 heteroatoms. The van der Waals surface area contributed by atoms with Crippen molar-refractivity contribution in [3.63, 3.8) is 0 Å². The molecule has 78 valence electrons. The van der Waals surface area contributed by atoms with E-state index in [1.54, 1.807) is 6.08 Å². The second-order valence-electron chi connectivity index (χ2n) is 3.77. The van der Waals surface area contributed by atoms with Gasteiger partial charge in [-0.1, -0.05) is 44.7 Å². The largest absolute Gasteiger partial charge is 0.303 e. The fourth-order valence-corrected chi connectivity index (χ4v) is 1.41. The average molecular weight is 192 g/mol. The number of allylic oxidation sites excluding steroid dienone is 5. The number of hydrogen-bond acceptors (Lipinski definition) is 1. The van der Waals surface area contributed by atoms with Gasteiger partial charge in [-0.2, -0.15) is 0 Å². The van der Waals surface area contributed by atoms with E-state index in [1.165, 1.54) is 0 Å². The maximum Gasteiger partial charge on any atom is 0.127 e. The molecule has 0 aromatic carbocycles. The van der Waals surface area contributed by atoms with E-state index in [0.29, 0.717) is 5.92 Å². The highest BCUT2D eigenvalue weighted by molar-refractivity contribution is 5.61. The number of carbonyl (C=O) groups excluding carboxylic acids is 1. The van der Waals surface area contributed by atoms with E-state index in [4.69, 9.17) is 0 Å². The zero-order chi connectivity index (χ0) is 11.0. The summed E-state index contributed by atoms with van der Waals surface area (Å²) >= 11 is 0. The summed E-state index contributed by atoms with van der Waals surface area (Å²) in [6, 6.07) is 0. The van der Waals surface area contributed by atoms with Crippen molar-refractivity contribution in [3.8, 4) is 0 Å².